The Morgan fingerprint density at radius 3 is 2.54 bits per heavy atom. The molecule has 0 aliphatic heterocycles. The number of aromatic hydroxyl groups is 1. The first-order valence-corrected chi connectivity index (χ1v) is 10.9. The normalized spacial score (nSPS) is 11.2. The van der Waals surface area contributed by atoms with Gasteiger partial charge in [0, 0.05) is 30.7 Å². The van der Waals surface area contributed by atoms with E-state index in [1.165, 1.54) is 9.64 Å². The van der Waals surface area contributed by atoms with Crippen LogP contribution >= 0.6 is 54.5 Å². The summed E-state index contributed by atoms with van der Waals surface area (Å²) in [6, 6.07) is 13.5. The number of carbonyl (C=O) groups is 1. The molecule has 2 aromatic carbocycles. The summed E-state index contributed by atoms with van der Waals surface area (Å²) in [6.07, 6.45) is 1.60. The van der Waals surface area contributed by atoms with E-state index in [1.807, 2.05) is 19.9 Å². The van der Waals surface area contributed by atoms with E-state index in [2.05, 4.69) is 93.8 Å². The lowest BCUT2D eigenvalue weighted by Crippen LogP contribution is -2.18. The van der Waals surface area contributed by atoms with Crippen LogP contribution in [-0.2, 0) is 0 Å². The van der Waals surface area contributed by atoms with Crippen molar-refractivity contribution >= 4 is 66.6 Å². The molecule has 0 aliphatic carbocycles. The van der Waals surface area contributed by atoms with Gasteiger partial charge in [0.15, 0.2) is 0 Å². The molecule has 0 saturated heterocycles. The molecule has 0 spiro atoms. The SMILES string of the molecule is Cc1cc(C=NNC(=O)c2cc(Br)cc(Br)c2O)c(C)n1-c1ccc(I)cc1. The summed E-state index contributed by atoms with van der Waals surface area (Å²) in [5.41, 5.74) is 6.65. The molecule has 0 radical (unpaired) electrons. The Kier molecular flexibility index (Phi) is 6.61. The smallest absolute Gasteiger partial charge is 0.275 e. The van der Waals surface area contributed by atoms with Crippen molar-refractivity contribution in [3.8, 4) is 11.4 Å². The van der Waals surface area contributed by atoms with Crippen molar-refractivity contribution in [2.24, 2.45) is 5.10 Å². The highest BCUT2D eigenvalue weighted by molar-refractivity contribution is 14.1. The Morgan fingerprint density at radius 1 is 1.18 bits per heavy atom. The highest BCUT2D eigenvalue weighted by Gasteiger charge is 2.15. The minimum atomic E-state index is -0.498. The Hall–Kier alpha value is -1.65. The predicted octanol–water partition coefficient (Wildman–Crippen LogP) is 5.69. The maximum Gasteiger partial charge on any atom is 0.275 e. The molecule has 0 fully saturated rings. The number of nitrogens with one attached hydrogen (secondary N) is 1. The minimum Gasteiger partial charge on any atom is -0.506 e. The third-order valence-electron chi connectivity index (χ3n) is 4.20. The van der Waals surface area contributed by atoms with Gasteiger partial charge in [0.1, 0.15) is 5.75 Å². The number of amides is 1. The van der Waals surface area contributed by atoms with Gasteiger partial charge in [-0.1, -0.05) is 15.9 Å². The maximum absolute atomic E-state index is 12.3. The van der Waals surface area contributed by atoms with Gasteiger partial charge < -0.3 is 9.67 Å². The lowest BCUT2D eigenvalue weighted by molar-refractivity contribution is 0.0952. The lowest BCUT2D eigenvalue weighted by atomic mass is 10.2. The fourth-order valence-corrected chi connectivity index (χ4v) is 4.45. The largest absolute Gasteiger partial charge is 0.506 e. The fourth-order valence-electron chi connectivity index (χ4n) is 2.87. The summed E-state index contributed by atoms with van der Waals surface area (Å²) in [5.74, 6) is -0.630. The van der Waals surface area contributed by atoms with Crippen LogP contribution in [0.4, 0.5) is 0 Å². The number of aromatic nitrogens is 1. The quantitative estimate of drug-likeness (QED) is 0.225. The molecule has 144 valence electrons. The molecular weight excluding hydrogens is 601 g/mol. The molecule has 28 heavy (non-hydrogen) atoms. The van der Waals surface area contributed by atoms with Crippen molar-refractivity contribution in [2.45, 2.75) is 13.8 Å². The highest BCUT2D eigenvalue weighted by Crippen LogP contribution is 2.31. The van der Waals surface area contributed by atoms with Crippen molar-refractivity contribution < 1.29 is 9.90 Å². The molecule has 0 atom stereocenters. The van der Waals surface area contributed by atoms with E-state index in [4.69, 9.17) is 0 Å². The average molecular weight is 617 g/mol. The zero-order chi connectivity index (χ0) is 20.4. The van der Waals surface area contributed by atoms with Crippen molar-refractivity contribution in [1.82, 2.24) is 9.99 Å². The first kappa shape index (κ1) is 21.1. The van der Waals surface area contributed by atoms with E-state index in [9.17, 15) is 9.90 Å². The lowest BCUT2D eigenvalue weighted by Gasteiger charge is -2.09. The molecule has 0 bridgehead atoms. The maximum atomic E-state index is 12.3. The summed E-state index contributed by atoms with van der Waals surface area (Å²) in [4.78, 5) is 12.3. The van der Waals surface area contributed by atoms with Crippen LogP contribution in [0.1, 0.15) is 27.3 Å². The Labute approximate surface area is 193 Å². The van der Waals surface area contributed by atoms with Crippen LogP contribution in [0.25, 0.3) is 5.69 Å². The number of hydrogen-bond donors (Lipinski definition) is 2. The molecule has 0 unspecified atom stereocenters. The highest BCUT2D eigenvalue weighted by atomic mass is 127. The van der Waals surface area contributed by atoms with Crippen molar-refractivity contribution in [3.63, 3.8) is 0 Å². The van der Waals surface area contributed by atoms with Crippen LogP contribution in [0, 0.1) is 17.4 Å². The van der Waals surface area contributed by atoms with Crippen molar-refractivity contribution in [3.05, 3.63) is 77.5 Å². The Morgan fingerprint density at radius 2 is 1.86 bits per heavy atom. The zero-order valence-corrected chi connectivity index (χ0v) is 20.3. The third-order valence-corrected chi connectivity index (χ3v) is 5.98. The molecule has 3 aromatic rings. The molecule has 0 aliphatic rings. The molecule has 3 rings (SSSR count). The minimum absolute atomic E-state index is 0.128. The molecular formula is C20H16Br2IN3O2. The van der Waals surface area contributed by atoms with Gasteiger partial charge in [0.25, 0.3) is 5.91 Å². The van der Waals surface area contributed by atoms with E-state index in [1.54, 1.807) is 12.3 Å². The number of benzene rings is 2. The number of aryl methyl sites for hydroxylation is 1. The van der Waals surface area contributed by atoms with Crippen molar-refractivity contribution in [2.75, 3.05) is 0 Å². The number of nitrogens with zero attached hydrogens (tertiary/aromatic N) is 2. The van der Waals surface area contributed by atoms with E-state index < -0.39 is 5.91 Å². The van der Waals surface area contributed by atoms with E-state index >= 15 is 0 Å². The first-order chi connectivity index (χ1) is 13.3. The Bertz CT molecular complexity index is 1080. The number of hydrazone groups is 1. The standard InChI is InChI=1S/C20H16Br2IN3O2/c1-11-7-13(12(2)26(11)16-5-3-15(23)4-6-16)10-24-25-20(28)17-8-14(21)9-18(22)19(17)27/h3-10,27H,1-2H3,(H,25,28). The molecule has 2 N–H and O–H groups in total. The second kappa shape index (κ2) is 8.79. The van der Waals surface area contributed by atoms with Gasteiger partial charge >= 0.3 is 0 Å². The van der Waals surface area contributed by atoms with E-state index in [-0.39, 0.29) is 11.3 Å². The second-order valence-electron chi connectivity index (χ2n) is 6.12. The molecule has 5 nitrogen and oxygen atoms in total. The van der Waals surface area contributed by atoms with Gasteiger partial charge in [0.2, 0.25) is 0 Å². The van der Waals surface area contributed by atoms with Crippen LogP contribution in [0.5, 0.6) is 5.75 Å². The number of hydrogen-bond acceptors (Lipinski definition) is 3. The van der Waals surface area contributed by atoms with Gasteiger partial charge in [-0.3, -0.25) is 4.79 Å². The van der Waals surface area contributed by atoms with E-state index in [0.29, 0.717) is 8.95 Å². The van der Waals surface area contributed by atoms with Gasteiger partial charge in [-0.15, -0.1) is 0 Å². The number of carbonyl (C=O) groups excluding carboxylic acids is 1. The van der Waals surface area contributed by atoms with Crippen LogP contribution in [0.15, 0.2) is 56.5 Å². The number of rotatable bonds is 4. The fraction of sp³-hybridized carbons (Fsp3) is 0.100. The topological polar surface area (TPSA) is 66.6 Å². The van der Waals surface area contributed by atoms with Crippen LogP contribution in [0.2, 0.25) is 0 Å². The molecule has 8 heteroatoms. The van der Waals surface area contributed by atoms with Gasteiger partial charge in [0.05, 0.1) is 16.3 Å². The van der Waals surface area contributed by atoms with Gasteiger partial charge in [-0.2, -0.15) is 5.10 Å². The van der Waals surface area contributed by atoms with Crippen LogP contribution < -0.4 is 5.43 Å². The second-order valence-corrected chi connectivity index (χ2v) is 9.14. The molecule has 1 amide bonds. The predicted molar refractivity (Wildman–Crippen MR) is 127 cm³/mol. The van der Waals surface area contributed by atoms with Crippen LogP contribution in [0.3, 0.4) is 0 Å². The van der Waals surface area contributed by atoms with E-state index in [0.717, 1.165) is 22.6 Å². The summed E-state index contributed by atoms with van der Waals surface area (Å²) in [7, 11) is 0. The Balaban J connectivity index is 1.81. The number of halogens is 3. The summed E-state index contributed by atoms with van der Waals surface area (Å²) >= 11 is 8.80. The summed E-state index contributed by atoms with van der Waals surface area (Å²) in [6.45, 7) is 4.03. The third kappa shape index (κ3) is 4.49. The van der Waals surface area contributed by atoms with Gasteiger partial charge in [-0.05, 0) is 94.8 Å². The molecule has 0 saturated carbocycles. The summed E-state index contributed by atoms with van der Waals surface area (Å²) < 4.78 is 4.41. The summed E-state index contributed by atoms with van der Waals surface area (Å²) in [5, 5.41) is 14.1. The zero-order valence-electron chi connectivity index (χ0n) is 15.0. The monoisotopic (exact) mass is 615 g/mol. The van der Waals surface area contributed by atoms with Crippen molar-refractivity contribution in [1.29, 1.82) is 0 Å². The first-order valence-electron chi connectivity index (χ1n) is 8.24. The van der Waals surface area contributed by atoms with Crippen LogP contribution in [-0.4, -0.2) is 21.8 Å². The number of phenols is 1. The molecule has 1 aromatic heterocycles. The van der Waals surface area contributed by atoms with Gasteiger partial charge in [-0.25, -0.2) is 5.43 Å². The molecule has 1 heterocycles. The average Bonchev–Trinajstić information content (AvgIpc) is 2.92. The number of phenolic OH excluding ortho intramolecular Hbond substituents is 1.